The van der Waals surface area contributed by atoms with Gasteiger partial charge in [0, 0.05) is 27.7 Å². The van der Waals surface area contributed by atoms with Crippen LogP contribution in [0.1, 0.15) is 25.0 Å². The molecule has 0 radical (unpaired) electrons. The summed E-state index contributed by atoms with van der Waals surface area (Å²) in [7, 11) is 0. The van der Waals surface area contributed by atoms with E-state index in [-0.39, 0.29) is 5.41 Å². The molecule has 0 aliphatic carbocycles. The molecule has 2 aliphatic rings. The van der Waals surface area contributed by atoms with Crippen LogP contribution in [0.2, 0.25) is 0 Å². The zero-order chi connectivity index (χ0) is 37.4. The van der Waals surface area contributed by atoms with E-state index in [1.165, 1.54) is 54.9 Å². The fraction of sp³-hybridized carbons (Fsp3) is 0.0566. The van der Waals surface area contributed by atoms with Gasteiger partial charge in [0.25, 0.3) is 0 Å². The lowest BCUT2D eigenvalue weighted by Gasteiger charge is -2.46. The van der Waals surface area contributed by atoms with Crippen LogP contribution in [0.25, 0.3) is 43.8 Å². The fourth-order valence-electron chi connectivity index (χ4n) is 9.16. The van der Waals surface area contributed by atoms with Gasteiger partial charge in [0.1, 0.15) is 0 Å². The second-order valence-corrected chi connectivity index (χ2v) is 15.3. The first-order chi connectivity index (χ1) is 27.5. The molecule has 11 rings (SSSR count). The van der Waals surface area contributed by atoms with E-state index in [0.29, 0.717) is 0 Å². The average molecular weight is 719 g/mol. The molecule has 0 saturated carbocycles. The fourth-order valence-corrected chi connectivity index (χ4v) is 9.16. The van der Waals surface area contributed by atoms with Crippen LogP contribution >= 0.6 is 0 Å². The molecule has 266 valence electrons. The van der Waals surface area contributed by atoms with E-state index >= 15 is 0 Å². The van der Waals surface area contributed by atoms with Gasteiger partial charge in [-0.1, -0.05) is 159 Å². The molecule has 0 aromatic heterocycles. The molecule has 0 bridgehead atoms. The molecule has 0 N–H and O–H groups in total. The minimum Gasteiger partial charge on any atom is -0.453 e. The molecule has 0 atom stereocenters. The summed E-state index contributed by atoms with van der Waals surface area (Å²) in [5.74, 6) is 1.74. The van der Waals surface area contributed by atoms with Crippen molar-refractivity contribution in [3.63, 3.8) is 0 Å². The van der Waals surface area contributed by atoms with Crippen LogP contribution < -0.4 is 14.5 Å². The summed E-state index contributed by atoms with van der Waals surface area (Å²) < 4.78 is 6.73. The molecule has 2 aliphatic heterocycles. The van der Waals surface area contributed by atoms with Gasteiger partial charge in [0.15, 0.2) is 11.5 Å². The second kappa shape index (κ2) is 12.5. The molecular weight excluding hydrogens is 681 g/mol. The van der Waals surface area contributed by atoms with Gasteiger partial charge < -0.3 is 14.5 Å². The van der Waals surface area contributed by atoms with Crippen molar-refractivity contribution in [2.24, 2.45) is 0 Å². The van der Waals surface area contributed by atoms with E-state index in [2.05, 4.69) is 218 Å². The minimum absolute atomic E-state index is 0.371. The smallest absolute Gasteiger partial charge is 0.152 e. The number of benzene rings is 9. The number of hydrogen-bond acceptors (Lipinski definition) is 3. The highest BCUT2D eigenvalue weighted by Gasteiger charge is 2.44. The average Bonchev–Trinajstić information content (AvgIpc) is 3.25. The van der Waals surface area contributed by atoms with Crippen LogP contribution in [0.4, 0.5) is 34.1 Å². The number of anilines is 6. The van der Waals surface area contributed by atoms with Gasteiger partial charge in [-0.05, 0) is 92.5 Å². The van der Waals surface area contributed by atoms with Gasteiger partial charge >= 0.3 is 0 Å². The topological polar surface area (TPSA) is 15.7 Å². The number of nitrogens with zero attached hydrogens (tertiary/aromatic N) is 2. The van der Waals surface area contributed by atoms with E-state index in [0.717, 1.165) is 45.6 Å². The zero-order valence-electron chi connectivity index (χ0n) is 31.3. The highest BCUT2D eigenvalue weighted by molar-refractivity contribution is 6.07. The van der Waals surface area contributed by atoms with Crippen LogP contribution in [0.3, 0.4) is 0 Å². The lowest BCUT2D eigenvalue weighted by atomic mass is 9.72. The zero-order valence-corrected chi connectivity index (χ0v) is 31.3. The SMILES string of the molecule is CC1(C)c2cccc3c2N(c2cccc(N(c4ccc(-c5ccccc5)cc4)c4ccc(-c5cccc6ccccc56)cc4)c21)c1c(ccc2ccccc12)O3. The van der Waals surface area contributed by atoms with E-state index in [4.69, 9.17) is 4.74 Å². The Labute approximate surface area is 327 Å². The Morgan fingerprint density at radius 3 is 1.80 bits per heavy atom. The van der Waals surface area contributed by atoms with Crippen molar-refractivity contribution >= 4 is 55.7 Å². The summed E-state index contributed by atoms with van der Waals surface area (Å²) in [5, 5.41) is 4.85. The van der Waals surface area contributed by atoms with Crippen LogP contribution in [-0.2, 0) is 5.41 Å². The summed E-state index contributed by atoms with van der Waals surface area (Å²) in [5.41, 5.74) is 13.6. The molecule has 9 aromatic carbocycles. The van der Waals surface area contributed by atoms with Crippen LogP contribution in [0.15, 0.2) is 194 Å². The first-order valence-electron chi connectivity index (χ1n) is 19.4. The largest absolute Gasteiger partial charge is 0.453 e. The maximum absolute atomic E-state index is 6.73. The van der Waals surface area contributed by atoms with Gasteiger partial charge in [-0.25, -0.2) is 0 Å². The number of ether oxygens (including phenoxy) is 1. The Bertz CT molecular complexity index is 2960. The molecule has 0 amide bonds. The Kier molecular flexibility index (Phi) is 7.20. The van der Waals surface area contributed by atoms with Gasteiger partial charge in [-0.15, -0.1) is 0 Å². The van der Waals surface area contributed by atoms with Gasteiger partial charge in [-0.2, -0.15) is 0 Å². The number of rotatable bonds is 5. The van der Waals surface area contributed by atoms with Crippen molar-refractivity contribution in [2.75, 3.05) is 9.80 Å². The maximum atomic E-state index is 6.73. The summed E-state index contributed by atoms with van der Waals surface area (Å²) in [4.78, 5) is 4.91. The van der Waals surface area contributed by atoms with E-state index < -0.39 is 0 Å². The lowest BCUT2D eigenvalue weighted by Crippen LogP contribution is -2.34. The molecule has 3 nitrogen and oxygen atoms in total. The predicted molar refractivity (Wildman–Crippen MR) is 234 cm³/mol. The third kappa shape index (κ3) is 4.91. The van der Waals surface area contributed by atoms with Crippen molar-refractivity contribution in [3.05, 3.63) is 205 Å². The highest BCUT2D eigenvalue weighted by Crippen LogP contribution is 2.63. The Hall–Kier alpha value is -7.10. The van der Waals surface area contributed by atoms with Gasteiger partial charge in [-0.3, -0.25) is 0 Å². The van der Waals surface area contributed by atoms with Crippen molar-refractivity contribution in [2.45, 2.75) is 19.3 Å². The Morgan fingerprint density at radius 2 is 1.04 bits per heavy atom. The lowest BCUT2D eigenvalue weighted by molar-refractivity contribution is 0.472. The molecule has 0 saturated heterocycles. The van der Waals surface area contributed by atoms with Gasteiger partial charge in [0.2, 0.25) is 0 Å². The molecule has 9 aromatic rings. The summed E-state index contributed by atoms with van der Waals surface area (Å²) in [6.07, 6.45) is 0. The quantitative estimate of drug-likeness (QED) is 0.176. The number of para-hydroxylation sites is 1. The second-order valence-electron chi connectivity index (χ2n) is 15.3. The van der Waals surface area contributed by atoms with E-state index in [1.807, 2.05) is 0 Å². The van der Waals surface area contributed by atoms with Crippen LogP contribution in [-0.4, -0.2) is 0 Å². The van der Waals surface area contributed by atoms with E-state index in [9.17, 15) is 0 Å². The number of hydrogen-bond donors (Lipinski definition) is 0. The molecule has 56 heavy (non-hydrogen) atoms. The first kappa shape index (κ1) is 32.3. The molecule has 3 heteroatoms. The predicted octanol–water partition coefficient (Wildman–Crippen LogP) is 15.0. The third-order valence-electron chi connectivity index (χ3n) is 11.8. The Balaban J connectivity index is 1.14. The molecular formula is C53H38N2O. The molecule has 2 heterocycles. The van der Waals surface area contributed by atoms with E-state index in [1.54, 1.807) is 0 Å². The van der Waals surface area contributed by atoms with Crippen LogP contribution in [0.5, 0.6) is 11.5 Å². The standard InChI is InChI=1S/C53H38N2O/c1-53(2)45-21-11-24-48-52(45)55(51-44-19-9-7-16-38(44)29-34-49(51)56-48)47-23-12-22-46(50(47)53)54(40-30-25-36(26-31-40)35-13-4-3-5-14-35)41-32-27-39(28-33-41)43-20-10-17-37-15-6-8-18-42(37)43/h3-34H,1-2H3. The summed E-state index contributed by atoms with van der Waals surface area (Å²) in [6.45, 7) is 4.72. The third-order valence-corrected chi connectivity index (χ3v) is 11.8. The molecule has 0 fully saturated rings. The van der Waals surface area contributed by atoms with Crippen molar-refractivity contribution < 1.29 is 4.74 Å². The first-order valence-corrected chi connectivity index (χ1v) is 19.4. The Morgan fingerprint density at radius 1 is 0.446 bits per heavy atom. The van der Waals surface area contributed by atoms with Crippen molar-refractivity contribution in [1.82, 2.24) is 0 Å². The molecule has 0 spiro atoms. The number of fused-ring (bicyclic) bond motifs is 7. The monoisotopic (exact) mass is 718 g/mol. The van der Waals surface area contributed by atoms with Crippen molar-refractivity contribution in [3.8, 4) is 33.8 Å². The van der Waals surface area contributed by atoms with Gasteiger partial charge in [0.05, 0.1) is 22.7 Å². The summed E-state index contributed by atoms with van der Waals surface area (Å²) >= 11 is 0. The van der Waals surface area contributed by atoms with Crippen molar-refractivity contribution in [1.29, 1.82) is 0 Å². The van der Waals surface area contributed by atoms with Crippen LogP contribution in [0, 0.1) is 0 Å². The summed E-state index contributed by atoms with van der Waals surface area (Å²) in [6, 6.07) is 70.2. The molecule has 0 unspecified atom stereocenters. The minimum atomic E-state index is -0.371. The maximum Gasteiger partial charge on any atom is 0.152 e. The highest BCUT2D eigenvalue weighted by atomic mass is 16.5. The normalized spacial score (nSPS) is 13.4.